The molecule has 3 rings (SSSR count). The van der Waals surface area contributed by atoms with Gasteiger partial charge in [0.25, 0.3) is 0 Å². The highest BCUT2D eigenvalue weighted by Gasteiger charge is 2.19. The number of methoxy groups -OCH3 is 1. The lowest BCUT2D eigenvalue weighted by molar-refractivity contribution is -0.711. The minimum Gasteiger partial charge on any atom is -0.497 e. The summed E-state index contributed by atoms with van der Waals surface area (Å²) in [6.07, 6.45) is 1.98. The van der Waals surface area contributed by atoms with Gasteiger partial charge < -0.3 is 9.72 Å². The second kappa shape index (κ2) is 4.53. The summed E-state index contributed by atoms with van der Waals surface area (Å²) in [6.45, 7) is 3.92. The molecular formula is C16H16N3O+. The van der Waals surface area contributed by atoms with Crippen LogP contribution in [0, 0.1) is 18.3 Å². The van der Waals surface area contributed by atoms with E-state index in [4.69, 9.17) is 10.00 Å². The highest BCUT2D eigenvalue weighted by Crippen LogP contribution is 2.28. The molecule has 3 aromatic rings. The molecule has 0 spiro atoms. The van der Waals surface area contributed by atoms with E-state index in [1.807, 2.05) is 36.7 Å². The number of hydrogen-bond acceptors (Lipinski definition) is 2. The Balaban J connectivity index is 2.33. The van der Waals surface area contributed by atoms with Gasteiger partial charge in [-0.1, -0.05) is 0 Å². The average Bonchev–Trinajstić information content (AvgIpc) is 2.85. The number of nitrogens with zero attached hydrogens (tertiary/aromatic N) is 2. The van der Waals surface area contributed by atoms with E-state index in [0.717, 1.165) is 22.5 Å². The number of ether oxygens (including phenoxy) is 1. The molecule has 0 radical (unpaired) electrons. The smallest absolute Gasteiger partial charge is 0.240 e. The molecule has 0 saturated heterocycles. The fourth-order valence-corrected chi connectivity index (χ4v) is 2.66. The SMILES string of the molecule is COc1ccc2c(c1)[nH]c1c(C)[n+](C(C)C#N)ccc12. The Labute approximate surface area is 117 Å². The fourth-order valence-electron chi connectivity index (χ4n) is 2.66. The van der Waals surface area contributed by atoms with Gasteiger partial charge in [0, 0.05) is 36.8 Å². The van der Waals surface area contributed by atoms with Crippen LogP contribution in [0.3, 0.4) is 0 Å². The van der Waals surface area contributed by atoms with Crippen LogP contribution in [0.1, 0.15) is 18.7 Å². The number of fused-ring (bicyclic) bond motifs is 3. The van der Waals surface area contributed by atoms with Gasteiger partial charge >= 0.3 is 0 Å². The number of nitrogens with one attached hydrogen (secondary N) is 1. The molecule has 20 heavy (non-hydrogen) atoms. The number of hydrogen-bond donors (Lipinski definition) is 1. The Bertz CT molecular complexity index is 842. The highest BCUT2D eigenvalue weighted by atomic mass is 16.5. The molecule has 2 aromatic heterocycles. The third kappa shape index (κ3) is 1.71. The normalized spacial score (nSPS) is 12.5. The van der Waals surface area contributed by atoms with Crippen LogP contribution in [-0.4, -0.2) is 12.1 Å². The number of nitriles is 1. The van der Waals surface area contributed by atoms with Crippen LogP contribution in [0.4, 0.5) is 0 Å². The number of aromatic amines is 1. The van der Waals surface area contributed by atoms with E-state index >= 15 is 0 Å². The lowest BCUT2D eigenvalue weighted by Gasteiger charge is -2.02. The van der Waals surface area contributed by atoms with Crippen molar-refractivity contribution in [2.75, 3.05) is 7.11 Å². The van der Waals surface area contributed by atoms with Crippen LogP contribution in [0.15, 0.2) is 30.5 Å². The Hall–Kier alpha value is -2.54. The highest BCUT2D eigenvalue weighted by molar-refractivity contribution is 6.07. The Morgan fingerprint density at radius 3 is 2.80 bits per heavy atom. The van der Waals surface area contributed by atoms with Crippen LogP contribution in [0.5, 0.6) is 5.75 Å². The number of rotatable bonds is 2. The molecule has 0 aliphatic heterocycles. The predicted molar refractivity (Wildman–Crippen MR) is 77.6 cm³/mol. The molecule has 1 atom stereocenters. The number of pyridine rings is 1. The van der Waals surface area contributed by atoms with Gasteiger partial charge in [-0.25, -0.2) is 0 Å². The van der Waals surface area contributed by atoms with Crippen LogP contribution < -0.4 is 9.30 Å². The van der Waals surface area contributed by atoms with E-state index in [1.165, 1.54) is 10.8 Å². The summed E-state index contributed by atoms with van der Waals surface area (Å²) in [5, 5.41) is 11.4. The van der Waals surface area contributed by atoms with Crippen LogP contribution in [0.2, 0.25) is 0 Å². The van der Waals surface area contributed by atoms with Crippen molar-refractivity contribution in [1.29, 1.82) is 5.26 Å². The van der Waals surface area contributed by atoms with Crippen molar-refractivity contribution in [1.82, 2.24) is 4.98 Å². The summed E-state index contributed by atoms with van der Waals surface area (Å²) >= 11 is 0. The monoisotopic (exact) mass is 266 g/mol. The third-order valence-corrected chi connectivity index (χ3v) is 3.80. The fraction of sp³-hybridized carbons (Fsp3) is 0.250. The predicted octanol–water partition coefficient (Wildman–Crippen LogP) is 3.01. The van der Waals surface area contributed by atoms with Crippen molar-refractivity contribution >= 4 is 21.8 Å². The first-order valence-corrected chi connectivity index (χ1v) is 6.55. The summed E-state index contributed by atoms with van der Waals surface area (Å²) in [4.78, 5) is 3.43. The third-order valence-electron chi connectivity index (χ3n) is 3.80. The molecule has 1 N–H and O–H groups in total. The first kappa shape index (κ1) is 12.5. The number of aromatic nitrogens is 2. The van der Waals surface area contributed by atoms with Crippen molar-refractivity contribution in [3.8, 4) is 11.8 Å². The molecule has 4 heteroatoms. The molecule has 2 heterocycles. The second-order valence-electron chi connectivity index (χ2n) is 4.94. The van der Waals surface area contributed by atoms with E-state index in [2.05, 4.69) is 23.2 Å². The summed E-state index contributed by atoms with van der Waals surface area (Å²) in [7, 11) is 1.66. The zero-order chi connectivity index (χ0) is 14.3. The van der Waals surface area contributed by atoms with Crippen LogP contribution >= 0.6 is 0 Å². The van der Waals surface area contributed by atoms with Crippen molar-refractivity contribution in [3.63, 3.8) is 0 Å². The van der Waals surface area contributed by atoms with E-state index in [0.29, 0.717) is 0 Å². The van der Waals surface area contributed by atoms with Crippen LogP contribution in [-0.2, 0) is 0 Å². The van der Waals surface area contributed by atoms with E-state index < -0.39 is 0 Å². The second-order valence-corrected chi connectivity index (χ2v) is 4.94. The molecule has 0 aliphatic rings. The minimum absolute atomic E-state index is 0.180. The van der Waals surface area contributed by atoms with Crippen molar-refractivity contribution < 1.29 is 9.30 Å². The zero-order valence-electron chi connectivity index (χ0n) is 11.8. The van der Waals surface area contributed by atoms with Crippen LogP contribution in [0.25, 0.3) is 21.8 Å². The van der Waals surface area contributed by atoms with E-state index in [9.17, 15) is 0 Å². The minimum atomic E-state index is -0.180. The number of H-pyrrole nitrogens is 1. The summed E-state index contributed by atoms with van der Waals surface area (Å²) < 4.78 is 7.24. The molecule has 0 saturated carbocycles. The van der Waals surface area contributed by atoms with E-state index in [1.54, 1.807) is 7.11 Å². The first-order chi connectivity index (χ1) is 9.65. The van der Waals surface area contributed by atoms with Crippen molar-refractivity contribution in [2.24, 2.45) is 0 Å². The van der Waals surface area contributed by atoms with Gasteiger partial charge in [0.05, 0.1) is 12.6 Å². The molecule has 1 unspecified atom stereocenters. The maximum atomic E-state index is 9.10. The topological polar surface area (TPSA) is 52.7 Å². The largest absolute Gasteiger partial charge is 0.497 e. The zero-order valence-corrected chi connectivity index (χ0v) is 11.8. The lowest BCUT2D eigenvalue weighted by atomic mass is 10.1. The number of aryl methyl sites for hydroxylation is 1. The number of benzene rings is 1. The molecular weight excluding hydrogens is 250 g/mol. The molecule has 4 nitrogen and oxygen atoms in total. The van der Waals surface area contributed by atoms with Gasteiger partial charge in [0.2, 0.25) is 11.7 Å². The Morgan fingerprint density at radius 2 is 2.10 bits per heavy atom. The van der Waals surface area contributed by atoms with E-state index in [-0.39, 0.29) is 6.04 Å². The van der Waals surface area contributed by atoms with Gasteiger partial charge in [-0.05, 0) is 12.1 Å². The Morgan fingerprint density at radius 1 is 1.30 bits per heavy atom. The summed E-state index contributed by atoms with van der Waals surface area (Å²) in [5.74, 6) is 0.833. The van der Waals surface area contributed by atoms with Gasteiger partial charge in [-0.15, -0.1) is 0 Å². The summed E-state index contributed by atoms with van der Waals surface area (Å²) in [5.41, 5.74) is 3.18. The quantitative estimate of drug-likeness (QED) is 0.725. The maximum absolute atomic E-state index is 9.10. The van der Waals surface area contributed by atoms with Crippen molar-refractivity contribution in [3.05, 3.63) is 36.2 Å². The summed E-state index contributed by atoms with van der Waals surface area (Å²) in [6, 6.07) is 10.2. The molecule has 0 bridgehead atoms. The molecule has 1 aromatic carbocycles. The van der Waals surface area contributed by atoms with Gasteiger partial charge in [-0.2, -0.15) is 9.83 Å². The molecule has 0 amide bonds. The van der Waals surface area contributed by atoms with Gasteiger partial charge in [0.1, 0.15) is 17.3 Å². The Kier molecular flexibility index (Phi) is 2.83. The standard InChI is InChI=1S/C16H15N3O/c1-10(9-17)19-7-6-14-13-5-4-12(20-3)8-15(13)18-16(14)11(19)2/h4-8,10H,1-3H3/p+1. The molecule has 0 fully saturated rings. The maximum Gasteiger partial charge on any atom is 0.240 e. The van der Waals surface area contributed by atoms with Crippen molar-refractivity contribution in [2.45, 2.75) is 19.9 Å². The lowest BCUT2D eigenvalue weighted by Crippen LogP contribution is -2.39. The van der Waals surface area contributed by atoms with Gasteiger partial charge in [0.15, 0.2) is 6.20 Å². The first-order valence-electron chi connectivity index (χ1n) is 6.55. The average molecular weight is 266 g/mol. The molecule has 100 valence electrons. The van der Waals surface area contributed by atoms with Gasteiger partial charge in [-0.3, -0.25) is 0 Å². The molecule has 0 aliphatic carbocycles.